The number of nitrogen functional groups attached to an aromatic ring is 1. The summed E-state index contributed by atoms with van der Waals surface area (Å²) in [6, 6.07) is 11.0. The highest BCUT2D eigenvalue weighted by molar-refractivity contribution is 7.16. The summed E-state index contributed by atoms with van der Waals surface area (Å²) in [4.78, 5) is 15.2. The minimum atomic E-state index is 0.291. The van der Waals surface area contributed by atoms with Crippen LogP contribution in [0.5, 0.6) is 5.75 Å². The van der Waals surface area contributed by atoms with Gasteiger partial charge in [0.15, 0.2) is 5.65 Å². The van der Waals surface area contributed by atoms with Gasteiger partial charge >= 0.3 is 0 Å². The Kier molecular flexibility index (Phi) is 7.61. The number of nitrogens with two attached hydrogens (primary N) is 1. The molecule has 1 aromatic carbocycles. The minimum Gasteiger partial charge on any atom is -0.495 e. The van der Waals surface area contributed by atoms with Gasteiger partial charge in [0.05, 0.1) is 28.6 Å². The summed E-state index contributed by atoms with van der Waals surface area (Å²) in [6.45, 7) is 5.31. The summed E-state index contributed by atoms with van der Waals surface area (Å²) in [5.74, 6) is 1.18. The lowest BCUT2D eigenvalue weighted by Crippen LogP contribution is -2.49. The Morgan fingerprint density at radius 1 is 1.05 bits per heavy atom. The first kappa shape index (κ1) is 26.3. The van der Waals surface area contributed by atoms with Crippen LogP contribution in [0.2, 0.25) is 4.34 Å². The van der Waals surface area contributed by atoms with Crippen molar-refractivity contribution in [3.05, 3.63) is 45.9 Å². The second-order valence-corrected chi connectivity index (χ2v) is 12.3. The number of methoxy groups -OCH3 is 1. The number of ether oxygens (including phenoxy) is 1. The van der Waals surface area contributed by atoms with Gasteiger partial charge in [-0.2, -0.15) is 5.10 Å². The molecule has 11 heteroatoms. The lowest BCUT2D eigenvalue weighted by Gasteiger charge is -2.41. The summed E-state index contributed by atoms with van der Waals surface area (Å²) in [5.41, 5.74) is 9.83. The van der Waals surface area contributed by atoms with Crippen molar-refractivity contribution >= 4 is 45.5 Å². The van der Waals surface area contributed by atoms with E-state index in [1.165, 1.54) is 12.8 Å². The summed E-state index contributed by atoms with van der Waals surface area (Å²) >= 11 is 7.65. The van der Waals surface area contributed by atoms with Crippen molar-refractivity contribution in [2.45, 2.75) is 44.3 Å². The third kappa shape index (κ3) is 5.43. The molecule has 0 unspecified atom stereocenters. The van der Waals surface area contributed by atoms with Gasteiger partial charge in [-0.25, -0.2) is 14.6 Å². The molecule has 4 heterocycles. The van der Waals surface area contributed by atoms with Crippen LogP contribution < -0.4 is 15.8 Å². The fraction of sp³-hybridized carbons (Fsp3) is 0.464. The van der Waals surface area contributed by atoms with Crippen molar-refractivity contribution in [3.8, 4) is 17.0 Å². The zero-order chi connectivity index (χ0) is 26.9. The monoisotopic (exact) mass is 566 g/mol. The number of benzene rings is 1. The van der Waals surface area contributed by atoms with Crippen molar-refractivity contribution in [2.75, 3.05) is 51.4 Å². The van der Waals surface area contributed by atoms with Gasteiger partial charge in [-0.1, -0.05) is 17.7 Å². The molecule has 1 saturated carbocycles. The van der Waals surface area contributed by atoms with Crippen LogP contribution in [0.15, 0.2) is 36.7 Å². The van der Waals surface area contributed by atoms with Crippen molar-refractivity contribution < 1.29 is 4.74 Å². The minimum absolute atomic E-state index is 0.291. The van der Waals surface area contributed by atoms with E-state index in [1.807, 2.05) is 24.3 Å². The quantitative estimate of drug-likeness (QED) is 0.317. The largest absolute Gasteiger partial charge is 0.495 e. The maximum atomic E-state index is 6.41. The van der Waals surface area contributed by atoms with Crippen LogP contribution >= 0.6 is 22.9 Å². The topological polar surface area (TPSA) is 97.4 Å². The maximum Gasteiger partial charge on any atom is 0.164 e. The van der Waals surface area contributed by atoms with Crippen molar-refractivity contribution in [1.82, 2.24) is 29.5 Å². The number of anilines is 2. The average molecular weight is 567 g/mol. The van der Waals surface area contributed by atoms with E-state index in [0.717, 1.165) is 82.0 Å². The van der Waals surface area contributed by atoms with Crippen molar-refractivity contribution in [2.24, 2.45) is 0 Å². The molecule has 2 aliphatic rings. The number of halogens is 1. The van der Waals surface area contributed by atoms with Crippen LogP contribution in [-0.2, 0) is 6.54 Å². The van der Waals surface area contributed by atoms with E-state index in [2.05, 4.69) is 42.9 Å². The molecule has 2 fully saturated rings. The number of thiophene rings is 1. The van der Waals surface area contributed by atoms with Crippen LogP contribution in [0.25, 0.3) is 22.3 Å². The van der Waals surface area contributed by atoms with Crippen molar-refractivity contribution in [1.29, 1.82) is 0 Å². The number of nitrogens with zero attached hydrogens (tertiary/aromatic N) is 6. The number of aromatic nitrogens is 4. The third-order valence-electron chi connectivity index (χ3n) is 8.14. The molecule has 0 spiro atoms. The molecule has 39 heavy (non-hydrogen) atoms. The van der Waals surface area contributed by atoms with Crippen LogP contribution in [0.3, 0.4) is 0 Å². The second-order valence-electron chi connectivity index (χ2n) is 10.5. The van der Waals surface area contributed by atoms with Gasteiger partial charge in [0.2, 0.25) is 0 Å². The molecule has 3 aromatic heterocycles. The number of piperazine rings is 1. The van der Waals surface area contributed by atoms with E-state index in [-0.39, 0.29) is 0 Å². The average Bonchev–Trinajstić information content (AvgIpc) is 3.56. The van der Waals surface area contributed by atoms with Gasteiger partial charge in [-0.05, 0) is 57.0 Å². The molecular weight excluding hydrogens is 532 g/mol. The molecule has 0 radical (unpaired) electrons. The fourth-order valence-corrected chi connectivity index (χ4v) is 6.95. The zero-order valence-corrected chi connectivity index (χ0v) is 24.0. The molecule has 6 rings (SSSR count). The summed E-state index contributed by atoms with van der Waals surface area (Å²) < 4.78 is 8.63. The van der Waals surface area contributed by atoms with Crippen LogP contribution in [0.1, 0.15) is 36.6 Å². The third-order valence-corrected chi connectivity index (χ3v) is 9.37. The number of rotatable bonds is 7. The Hall–Kier alpha value is -2.92. The Labute approximate surface area is 237 Å². The second kappa shape index (κ2) is 11.3. The predicted molar refractivity (Wildman–Crippen MR) is 159 cm³/mol. The van der Waals surface area contributed by atoms with Crippen LogP contribution in [-0.4, -0.2) is 75.9 Å². The number of hydrogen-bond acceptors (Lipinski definition) is 9. The van der Waals surface area contributed by atoms with Crippen molar-refractivity contribution in [3.63, 3.8) is 0 Å². The number of likely N-dealkylation sites (N-methyl/N-ethyl adjacent to an activating group) is 1. The van der Waals surface area contributed by atoms with E-state index in [0.29, 0.717) is 24.4 Å². The number of fused-ring (bicyclic) bond motifs is 1. The highest BCUT2D eigenvalue weighted by atomic mass is 35.5. The molecule has 0 amide bonds. The normalized spacial score (nSPS) is 20.9. The highest BCUT2D eigenvalue weighted by Crippen LogP contribution is 2.39. The molecular formula is C28H35ClN8OS. The lowest BCUT2D eigenvalue weighted by molar-refractivity contribution is 0.0815. The molecule has 9 nitrogen and oxygen atoms in total. The molecule has 0 atom stereocenters. The van der Waals surface area contributed by atoms with E-state index in [4.69, 9.17) is 27.2 Å². The fourth-order valence-electron chi connectivity index (χ4n) is 5.92. The summed E-state index contributed by atoms with van der Waals surface area (Å²) in [7, 11) is 3.89. The SMILES string of the molecule is COc1cc(-c2nn(C3CCC(N4CCN(C)CC4)CC3)c3ncnc(N)c23)ccc1NCc1ccc(Cl)s1. The molecule has 1 aliphatic carbocycles. The first-order valence-electron chi connectivity index (χ1n) is 13.6. The first-order chi connectivity index (χ1) is 19.0. The van der Waals surface area contributed by atoms with E-state index in [1.54, 1.807) is 24.8 Å². The molecule has 3 N–H and O–H groups in total. The molecule has 0 bridgehead atoms. The van der Waals surface area contributed by atoms with E-state index in [9.17, 15) is 0 Å². The van der Waals surface area contributed by atoms with Gasteiger partial charge in [0.25, 0.3) is 0 Å². The number of nitrogens with one attached hydrogen (secondary N) is 1. The molecule has 1 saturated heterocycles. The standard InChI is InChI=1S/C28H35ClN8OS/c1-35-11-13-36(14-12-35)19-4-6-20(7-5-19)37-28-25(27(30)32-17-33-28)26(34-37)18-3-9-22(23(15-18)38-2)31-16-21-8-10-24(29)39-21/h3,8-10,15,17,19-20,31H,4-7,11-14,16H2,1-2H3,(H2,30,32,33). The van der Waals surface area contributed by atoms with Crippen LogP contribution in [0, 0.1) is 0 Å². The Bertz CT molecular complexity index is 1440. The van der Waals surface area contributed by atoms with Gasteiger partial charge in [0.1, 0.15) is 23.6 Å². The summed E-state index contributed by atoms with van der Waals surface area (Å²) in [5, 5.41) is 9.38. The van der Waals surface area contributed by atoms with E-state index < -0.39 is 0 Å². The Morgan fingerprint density at radius 2 is 1.82 bits per heavy atom. The maximum absolute atomic E-state index is 6.41. The number of hydrogen-bond donors (Lipinski definition) is 2. The van der Waals surface area contributed by atoms with E-state index >= 15 is 0 Å². The van der Waals surface area contributed by atoms with Crippen LogP contribution in [0.4, 0.5) is 11.5 Å². The molecule has 4 aromatic rings. The summed E-state index contributed by atoms with van der Waals surface area (Å²) in [6.07, 6.45) is 6.05. The lowest BCUT2D eigenvalue weighted by atomic mass is 9.90. The molecule has 206 valence electrons. The van der Waals surface area contributed by atoms with Gasteiger partial charge in [-0.3, -0.25) is 4.90 Å². The predicted octanol–water partition coefficient (Wildman–Crippen LogP) is 5.14. The van der Waals surface area contributed by atoms with Gasteiger partial charge in [-0.15, -0.1) is 11.3 Å². The first-order valence-corrected chi connectivity index (χ1v) is 14.8. The highest BCUT2D eigenvalue weighted by Gasteiger charge is 2.30. The van der Waals surface area contributed by atoms with Gasteiger partial charge < -0.3 is 20.7 Å². The Morgan fingerprint density at radius 3 is 2.54 bits per heavy atom. The van der Waals surface area contributed by atoms with Gasteiger partial charge in [0, 0.05) is 49.2 Å². The Balaban J connectivity index is 1.25. The molecule has 1 aliphatic heterocycles. The zero-order valence-electron chi connectivity index (χ0n) is 22.4. The smallest absolute Gasteiger partial charge is 0.164 e.